The van der Waals surface area contributed by atoms with Crippen LogP contribution in [0.1, 0.15) is 22.7 Å². The molecule has 17 heavy (non-hydrogen) atoms. The Balaban J connectivity index is 2.23. The summed E-state index contributed by atoms with van der Waals surface area (Å²) in [6, 6.07) is 7.07. The van der Waals surface area contributed by atoms with E-state index in [1.807, 2.05) is 24.4 Å². The van der Waals surface area contributed by atoms with Gasteiger partial charge in [-0.2, -0.15) is 11.3 Å². The summed E-state index contributed by atoms with van der Waals surface area (Å²) in [5.74, 6) is 5.31. The van der Waals surface area contributed by atoms with Crippen LogP contribution in [-0.2, 0) is 6.42 Å². The Hall–Kier alpha value is -1.23. The van der Waals surface area contributed by atoms with Gasteiger partial charge in [0.25, 0.3) is 0 Å². The van der Waals surface area contributed by atoms with E-state index in [-0.39, 0.29) is 11.9 Å². The van der Waals surface area contributed by atoms with E-state index in [1.165, 1.54) is 6.07 Å². The number of hydrogen-bond donors (Lipinski definition) is 2. The lowest BCUT2D eigenvalue weighted by Gasteiger charge is -2.16. The summed E-state index contributed by atoms with van der Waals surface area (Å²) < 4.78 is 13.8. The third-order valence-corrected chi connectivity index (χ3v) is 3.48. The predicted molar refractivity (Wildman–Crippen MR) is 69.2 cm³/mol. The number of thiophene rings is 1. The molecule has 2 nitrogen and oxygen atoms in total. The summed E-state index contributed by atoms with van der Waals surface area (Å²) >= 11 is 1.63. The highest BCUT2D eigenvalue weighted by molar-refractivity contribution is 7.07. The van der Waals surface area contributed by atoms with Crippen LogP contribution in [0.2, 0.25) is 0 Å². The molecule has 3 N–H and O–H groups in total. The van der Waals surface area contributed by atoms with Gasteiger partial charge in [0.2, 0.25) is 0 Å². The summed E-state index contributed by atoms with van der Waals surface area (Å²) in [7, 11) is 0. The lowest BCUT2D eigenvalue weighted by molar-refractivity contribution is 0.510. The lowest BCUT2D eigenvalue weighted by atomic mass is 9.99. The van der Waals surface area contributed by atoms with Crippen molar-refractivity contribution in [3.63, 3.8) is 0 Å². The molecular weight excluding hydrogens is 235 g/mol. The molecule has 0 fully saturated rings. The zero-order chi connectivity index (χ0) is 12.3. The van der Waals surface area contributed by atoms with E-state index in [9.17, 15) is 4.39 Å². The van der Waals surface area contributed by atoms with Gasteiger partial charge >= 0.3 is 0 Å². The van der Waals surface area contributed by atoms with E-state index >= 15 is 0 Å². The SMILES string of the molecule is Cc1ccc(C(Cc2ccsc2)NN)c(F)c1. The molecule has 1 atom stereocenters. The molecule has 1 aromatic heterocycles. The van der Waals surface area contributed by atoms with E-state index in [1.54, 1.807) is 17.4 Å². The number of nitrogens with two attached hydrogens (primary N) is 1. The molecule has 0 aliphatic rings. The lowest BCUT2D eigenvalue weighted by Crippen LogP contribution is -2.30. The summed E-state index contributed by atoms with van der Waals surface area (Å²) in [6.07, 6.45) is 0.694. The highest BCUT2D eigenvalue weighted by atomic mass is 32.1. The number of halogens is 1. The van der Waals surface area contributed by atoms with E-state index in [2.05, 4.69) is 10.8 Å². The second kappa shape index (κ2) is 5.40. The highest BCUT2D eigenvalue weighted by Gasteiger charge is 2.15. The minimum Gasteiger partial charge on any atom is -0.271 e. The molecule has 2 aromatic rings. The normalized spacial score (nSPS) is 12.6. The van der Waals surface area contributed by atoms with Crippen LogP contribution in [0.25, 0.3) is 0 Å². The number of aryl methyl sites for hydroxylation is 1. The molecular formula is C13H15FN2S. The van der Waals surface area contributed by atoms with Gasteiger partial charge in [-0.3, -0.25) is 11.3 Å². The van der Waals surface area contributed by atoms with Crippen molar-refractivity contribution < 1.29 is 4.39 Å². The standard InChI is InChI=1S/C13H15FN2S/c1-9-2-3-11(12(14)6-9)13(16-15)7-10-4-5-17-8-10/h2-6,8,13,16H,7,15H2,1H3. The summed E-state index contributed by atoms with van der Waals surface area (Å²) in [6.45, 7) is 1.87. The van der Waals surface area contributed by atoms with Crippen LogP contribution in [0.15, 0.2) is 35.0 Å². The van der Waals surface area contributed by atoms with Crippen LogP contribution in [0.5, 0.6) is 0 Å². The molecule has 0 saturated heterocycles. The van der Waals surface area contributed by atoms with Gasteiger partial charge in [-0.05, 0) is 47.4 Å². The number of benzene rings is 1. The molecule has 0 saturated carbocycles. The molecule has 4 heteroatoms. The molecule has 1 aromatic carbocycles. The quantitative estimate of drug-likeness (QED) is 0.647. The van der Waals surface area contributed by atoms with Crippen LogP contribution in [0.4, 0.5) is 4.39 Å². The van der Waals surface area contributed by atoms with Crippen molar-refractivity contribution in [2.75, 3.05) is 0 Å². The van der Waals surface area contributed by atoms with Gasteiger partial charge in [0, 0.05) is 5.56 Å². The third kappa shape index (κ3) is 2.91. The van der Waals surface area contributed by atoms with E-state index in [4.69, 9.17) is 5.84 Å². The first-order chi connectivity index (χ1) is 8.20. The molecule has 0 aliphatic heterocycles. The average molecular weight is 250 g/mol. The monoisotopic (exact) mass is 250 g/mol. The van der Waals surface area contributed by atoms with Crippen LogP contribution in [-0.4, -0.2) is 0 Å². The van der Waals surface area contributed by atoms with Crippen molar-refractivity contribution in [1.29, 1.82) is 0 Å². The van der Waals surface area contributed by atoms with Gasteiger partial charge < -0.3 is 0 Å². The molecule has 0 radical (unpaired) electrons. The average Bonchev–Trinajstić information content (AvgIpc) is 2.79. The zero-order valence-corrected chi connectivity index (χ0v) is 10.4. The topological polar surface area (TPSA) is 38.0 Å². The maximum absolute atomic E-state index is 13.8. The minimum atomic E-state index is -0.205. The first kappa shape index (κ1) is 12.2. The molecule has 0 spiro atoms. The van der Waals surface area contributed by atoms with Gasteiger partial charge in [-0.15, -0.1) is 0 Å². The first-order valence-corrected chi connectivity index (χ1v) is 6.38. The number of nitrogens with one attached hydrogen (secondary N) is 1. The van der Waals surface area contributed by atoms with Crippen LogP contribution in [0, 0.1) is 12.7 Å². The summed E-state index contributed by atoms with van der Waals surface area (Å²) in [5.41, 5.74) is 5.38. The smallest absolute Gasteiger partial charge is 0.128 e. The Bertz CT molecular complexity index is 482. The maximum atomic E-state index is 13.8. The van der Waals surface area contributed by atoms with Gasteiger partial charge in [0.15, 0.2) is 0 Å². The number of hydrazine groups is 1. The fourth-order valence-corrected chi connectivity index (χ4v) is 2.50. The fourth-order valence-electron chi connectivity index (χ4n) is 1.82. The van der Waals surface area contributed by atoms with E-state index in [0.717, 1.165) is 11.1 Å². The van der Waals surface area contributed by atoms with Crippen molar-refractivity contribution in [3.05, 3.63) is 57.5 Å². The second-order valence-electron chi connectivity index (χ2n) is 4.08. The van der Waals surface area contributed by atoms with Crippen LogP contribution < -0.4 is 11.3 Å². The molecule has 90 valence electrons. The highest BCUT2D eigenvalue weighted by Crippen LogP contribution is 2.22. The van der Waals surface area contributed by atoms with E-state index < -0.39 is 0 Å². The van der Waals surface area contributed by atoms with Crippen LogP contribution >= 0.6 is 11.3 Å². The Morgan fingerprint density at radius 3 is 2.82 bits per heavy atom. The molecule has 2 rings (SSSR count). The Morgan fingerprint density at radius 2 is 2.24 bits per heavy atom. The summed E-state index contributed by atoms with van der Waals surface area (Å²) in [4.78, 5) is 0. The predicted octanol–water partition coefficient (Wildman–Crippen LogP) is 2.94. The largest absolute Gasteiger partial charge is 0.271 e. The number of rotatable bonds is 4. The molecule has 1 unspecified atom stereocenters. The zero-order valence-electron chi connectivity index (χ0n) is 9.61. The Morgan fingerprint density at radius 1 is 1.41 bits per heavy atom. The Labute approximate surface area is 104 Å². The molecule has 0 amide bonds. The number of hydrogen-bond acceptors (Lipinski definition) is 3. The molecule has 0 aliphatic carbocycles. The van der Waals surface area contributed by atoms with Crippen molar-refractivity contribution in [1.82, 2.24) is 5.43 Å². The maximum Gasteiger partial charge on any atom is 0.128 e. The van der Waals surface area contributed by atoms with E-state index in [0.29, 0.717) is 12.0 Å². The minimum absolute atomic E-state index is 0.190. The van der Waals surface area contributed by atoms with Gasteiger partial charge in [0.05, 0.1) is 6.04 Å². The summed E-state index contributed by atoms with van der Waals surface area (Å²) in [5, 5.41) is 4.06. The third-order valence-electron chi connectivity index (χ3n) is 2.75. The van der Waals surface area contributed by atoms with Gasteiger partial charge in [-0.25, -0.2) is 4.39 Å². The first-order valence-electron chi connectivity index (χ1n) is 5.44. The van der Waals surface area contributed by atoms with Crippen LogP contribution in [0.3, 0.4) is 0 Å². The van der Waals surface area contributed by atoms with Crippen molar-refractivity contribution in [3.8, 4) is 0 Å². The molecule has 1 heterocycles. The van der Waals surface area contributed by atoms with Crippen molar-refractivity contribution >= 4 is 11.3 Å². The van der Waals surface area contributed by atoms with Gasteiger partial charge in [-0.1, -0.05) is 12.1 Å². The van der Waals surface area contributed by atoms with Gasteiger partial charge in [0.1, 0.15) is 5.82 Å². The van der Waals surface area contributed by atoms with Crippen molar-refractivity contribution in [2.24, 2.45) is 5.84 Å². The Kier molecular flexibility index (Phi) is 3.89. The fraction of sp³-hybridized carbons (Fsp3) is 0.231. The second-order valence-corrected chi connectivity index (χ2v) is 4.86. The molecule has 0 bridgehead atoms. The van der Waals surface area contributed by atoms with Crippen molar-refractivity contribution in [2.45, 2.75) is 19.4 Å².